The minimum absolute atomic E-state index is 0.0364. The van der Waals surface area contributed by atoms with E-state index in [-0.39, 0.29) is 5.78 Å². The van der Waals surface area contributed by atoms with Crippen LogP contribution in [0.1, 0.15) is 21.2 Å². The van der Waals surface area contributed by atoms with Gasteiger partial charge in [-0.15, -0.1) is 10.2 Å². The second-order valence-corrected chi connectivity index (χ2v) is 7.05. The molecule has 0 amide bonds. The lowest BCUT2D eigenvalue weighted by atomic mass is 10.0. The molecule has 6 heteroatoms. The van der Waals surface area contributed by atoms with Crippen LogP contribution < -0.4 is 0 Å². The van der Waals surface area contributed by atoms with E-state index in [1.54, 1.807) is 6.26 Å². The van der Waals surface area contributed by atoms with Crippen molar-refractivity contribution in [3.8, 4) is 11.6 Å². The van der Waals surface area contributed by atoms with E-state index in [2.05, 4.69) is 10.2 Å². The number of furan rings is 1. The summed E-state index contributed by atoms with van der Waals surface area (Å²) in [4.78, 5) is 13.2. The van der Waals surface area contributed by atoms with Crippen molar-refractivity contribution in [2.24, 2.45) is 7.05 Å². The van der Waals surface area contributed by atoms with Gasteiger partial charge in [-0.3, -0.25) is 4.79 Å². The highest BCUT2D eigenvalue weighted by atomic mass is 32.2. The van der Waals surface area contributed by atoms with Crippen LogP contribution in [0.15, 0.2) is 88.6 Å². The van der Waals surface area contributed by atoms with E-state index >= 15 is 0 Å². The van der Waals surface area contributed by atoms with Crippen molar-refractivity contribution in [2.45, 2.75) is 10.4 Å². The molecule has 0 radical (unpaired) electrons. The van der Waals surface area contributed by atoms with Crippen LogP contribution in [-0.2, 0) is 7.05 Å². The molecule has 2 heterocycles. The molecule has 5 nitrogen and oxygen atoms in total. The minimum Gasteiger partial charge on any atom is -0.461 e. The van der Waals surface area contributed by atoms with Crippen molar-refractivity contribution in [2.75, 3.05) is 0 Å². The average molecular weight is 375 g/mol. The highest BCUT2D eigenvalue weighted by molar-refractivity contribution is 8.00. The van der Waals surface area contributed by atoms with Crippen LogP contribution in [0.4, 0.5) is 0 Å². The number of carbonyl (C=O) groups is 1. The summed E-state index contributed by atoms with van der Waals surface area (Å²) in [5, 5.41) is 8.74. The van der Waals surface area contributed by atoms with Gasteiger partial charge in [0.15, 0.2) is 22.5 Å². The number of hydrogen-bond acceptors (Lipinski definition) is 5. The fourth-order valence-electron chi connectivity index (χ4n) is 2.80. The number of benzene rings is 2. The van der Waals surface area contributed by atoms with E-state index in [0.717, 1.165) is 5.56 Å². The minimum atomic E-state index is -0.416. The first kappa shape index (κ1) is 17.3. The molecular formula is C21H17N3O2S. The zero-order chi connectivity index (χ0) is 18.6. The van der Waals surface area contributed by atoms with Gasteiger partial charge in [-0.2, -0.15) is 0 Å². The molecule has 0 aliphatic heterocycles. The number of carbonyl (C=O) groups excluding carboxylic acids is 1. The Morgan fingerprint density at radius 1 is 0.963 bits per heavy atom. The Bertz CT molecular complexity index is 1030. The number of thioether (sulfide) groups is 1. The Morgan fingerprint density at radius 3 is 2.33 bits per heavy atom. The first-order chi connectivity index (χ1) is 13.2. The van der Waals surface area contributed by atoms with Gasteiger partial charge in [0.25, 0.3) is 0 Å². The number of rotatable bonds is 6. The standard InChI is InChI=1S/C21H17N3O2S/c1-24-20(17-13-8-14-26-17)22-23-21(24)27-19(16-11-6-3-7-12-16)18(25)15-9-4-2-5-10-15/h2-14,19H,1H3/t19-/m1/s1. The summed E-state index contributed by atoms with van der Waals surface area (Å²) < 4.78 is 7.27. The van der Waals surface area contributed by atoms with Crippen LogP contribution in [-0.4, -0.2) is 20.5 Å². The van der Waals surface area contributed by atoms with Gasteiger partial charge in [0.05, 0.1) is 6.26 Å². The van der Waals surface area contributed by atoms with Gasteiger partial charge in [-0.05, 0) is 17.7 Å². The van der Waals surface area contributed by atoms with Crippen LogP contribution in [0, 0.1) is 0 Å². The monoisotopic (exact) mass is 375 g/mol. The maximum Gasteiger partial charge on any atom is 0.200 e. The molecule has 27 heavy (non-hydrogen) atoms. The van der Waals surface area contributed by atoms with Gasteiger partial charge >= 0.3 is 0 Å². The predicted octanol–water partition coefficient (Wildman–Crippen LogP) is 4.79. The van der Waals surface area contributed by atoms with Crippen molar-refractivity contribution in [3.05, 3.63) is 90.2 Å². The van der Waals surface area contributed by atoms with E-state index in [4.69, 9.17) is 4.42 Å². The van der Waals surface area contributed by atoms with Crippen LogP contribution in [0.25, 0.3) is 11.6 Å². The van der Waals surface area contributed by atoms with Crippen LogP contribution in [0.5, 0.6) is 0 Å². The third-order valence-corrected chi connectivity index (χ3v) is 5.49. The summed E-state index contributed by atoms with van der Waals surface area (Å²) in [5.74, 6) is 1.30. The maximum absolute atomic E-state index is 13.2. The topological polar surface area (TPSA) is 60.9 Å². The molecule has 4 rings (SSSR count). The predicted molar refractivity (Wildman–Crippen MR) is 105 cm³/mol. The zero-order valence-electron chi connectivity index (χ0n) is 14.6. The number of hydrogen-bond donors (Lipinski definition) is 0. The van der Waals surface area contributed by atoms with Crippen molar-refractivity contribution >= 4 is 17.5 Å². The molecule has 2 aromatic carbocycles. The molecule has 1 atom stereocenters. The SMILES string of the molecule is Cn1c(S[C@@H](C(=O)c2ccccc2)c2ccccc2)nnc1-c1ccco1. The van der Waals surface area contributed by atoms with E-state index < -0.39 is 5.25 Å². The lowest BCUT2D eigenvalue weighted by molar-refractivity contribution is 0.0989. The lowest BCUT2D eigenvalue weighted by Gasteiger charge is -2.15. The van der Waals surface area contributed by atoms with Crippen LogP contribution in [0.2, 0.25) is 0 Å². The number of Topliss-reactive ketones (excluding diaryl/α,β-unsaturated/α-hetero) is 1. The van der Waals surface area contributed by atoms with E-state index in [1.165, 1.54) is 11.8 Å². The van der Waals surface area contributed by atoms with Gasteiger partial charge in [0.1, 0.15) is 5.25 Å². The molecule has 4 aromatic rings. The quantitative estimate of drug-likeness (QED) is 0.358. The van der Waals surface area contributed by atoms with Gasteiger partial charge in [-0.25, -0.2) is 0 Å². The molecule has 0 bridgehead atoms. The van der Waals surface area contributed by atoms with E-state index in [1.807, 2.05) is 84.4 Å². The van der Waals surface area contributed by atoms with Crippen molar-refractivity contribution in [1.29, 1.82) is 0 Å². The summed E-state index contributed by atoms with van der Waals surface area (Å²) in [7, 11) is 1.87. The van der Waals surface area contributed by atoms with Gasteiger partial charge < -0.3 is 8.98 Å². The van der Waals surface area contributed by atoms with Crippen molar-refractivity contribution in [1.82, 2.24) is 14.8 Å². The van der Waals surface area contributed by atoms with Gasteiger partial charge in [0, 0.05) is 12.6 Å². The Hall–Kier alpha value is -3.12. The molecule has 0 N–H and O–H groups in total. The molecule has 2 aromatic heterocycles. The molecular weight excluding hydrogens is 358 g/mol. The Kier molecular flexibility index (Phi) is 4.89. The molecule has 0 unspecified atom stereocenters. The largest absolute Gasteiger partial charge is 0.461 e. The lowest BCUT2D eigenvalue weighted by Crippen LogP contribution is -2.11. The summed E-state index contributed by atoms with van der Waals surface area (Å²) >= 11 is 1.39. The van der Waals surface area contributed by atoms with Crippen LogP contribution >= 0.6 is 11.8 Å². The van der Waals surface area contributed by atoms with Gasteiger partial charge in [0.2, 0.25) is 0 Å². The highest BCUT2D eigenvalue weighted by Gasteiger charge is 2.26. The summed E-state index contributed by atoms with van der Waals surface area (Å²) in [6, 6.07) is 22.7. The second-order valence-electron chi connectivity index (χ2n) is 5.98. The highest BCUT2D eigenvalue weighted by Crippen LogP contribution is 2.37. The summed E-state index contributed by atoms with van der Waals surface area (Å²) in [6.07, 6.45) is 1.60. The fraction of sp³-hybridized carbons (Fsp3) is 0.0952. The van der Waals surface area contributed by atoms with E-state index in [0.29, 0.717) is 22.3 Å². The molecule has 0 aliphatic carbocycles. The van der Waals surface area contributed by atoms with Crippen LogP contribution in [0.3, 0.4) is 0 Å². The Morgan fingerprint density at radius 2 is 1.67 bits per heavy atom. The van der Waals surface area contributed by atoms with Crippen molar-refractivity contribution < 1.29 is 9.21 Å². The summed E-state index contributed by atoms with van der Waals surface area (Å²) in [5.41, 5.74) is 1.60. The third-order valence-electron chi connectivity index (χ3n) is 4.20. The average Bonchev–Trinajstić information content (AvgIpc) is 3.37. The molecule has 134 valence electrons. The third kappa shape index (κ3) is 3.57. The summed E-state index contributed by atoms with van der Waals surface area (Å²) in [6.45, 7) is 0. The molecule has 0 fully saturated rings. The molecule has 0 spiro atoms. The maximum atomic E-state index is 13.2. The Labute approximate surface area is 161 Å². The van der Waals surface area contributed by atoms with E-state index in [9.17, 15) is 4.79 Å². The normalized spacial score (nSPS) is 12.0. The van der Waals surface area contributed by atoms with Gasteiger partial charge in [-0.1, -0.05) is 72.4 Å². The molecule has 0 aliphatic rings. The molecule has 0 saturated heterocycles. The zero-order valence-corrected chi connectivity index (χ0v) is 15.5. The number of aromatic nitrogens is 3. The number of ketones is 1. The first-order valence-corrected chi connectivity index (χ1v) is 9.36. The molecule has 0 saturated carbocycles. The second kappa shape index (κ2) is 7.63. The van der Waals surface area contributed by atoms with Crippen molar-refractivity contribution in [3.63, 3.8) is 0 Å². The Balaban J connectivity index is 1.69. The smallest absolute Gasteiger partial charge is 0.200 e. The fourth-order valence-corrected chi connectivity index (χ4v) is 3.88. The number of nitrogens with zero attached hydrogens (tertiary/aromatic N) is 3. The first-order valence-electron chi connectivity index (χ1n) is 8.48.